The van der Waals surface area contributed by atoms with Gasteiger partial charge in [-0.15, -0.1) is 0 Å². The van der Waals surface area contributed by atoms with Crippen LogP contribution in [0.15, 0.2) is 49.1 Å². The topological polar surface area (TPSA) is 78.4 Å². The zero-order chi connectivity index (χ0) is 19.8. The summed E-state index contributed by atoms with van der Waals surface area (Å²) in [5.41, 5.74) is 0.948. The highest BCUT2D eigenvalue weighted by molar-refractivity contribution is 5.90. The quantitative estimate of drug-likeness (QED) is 0.739. The second-order valence-electron chi connectivity index (χ2n) is 8.39. The third-order valence-corrected chi connectivity index (χ3v) is 7.01. The average Bonchev–Trinajstić information content (AvgIpc) is 3.32. The van der Waals surface area contributed by atoms with Gasteiger partial charge in [0.2, 0.25) is 0 Å². The summed E-state index contributed by atoms with van der Waals surface area (Å²) in [6, 6.07) is 6.60. The predicted molar refractivity (Wildman–Crippen MR) is 104 cm³/mol. The first-order valence-electron chi connectivity index (χ1n) is 10.4. The van der Waals surface area contributed by atoms with Crippen molar-refractivity contribution in [1.29, 1.82) is 0 Å². The Labute approximate surface area is 169 Å². The summed E-state index contributed by atoms with van der Waals surface area (Å²) in [6.45, 7) is 0. The van der Waals surface area contributed by atoms with E-state index >= 15 is 0 Å². The van der Waals surface area contributed by atoms with Gasteiger partial charge in [-0.25, -0.2) is 9.59 Å². The molecule has 6 atom stereocenters. The standard InChI is InChI=1S/C23H24N2O4/c26-22(14-5-9-24-10-6-14)28-20-18-13-19(17-4-2-1-3-16(17)18)21(20)29-23(27)15-7-11-25-12-8-15/h5-12,16-21H,1-4,13H2. The fraction of sp³-hybridized carbons (Fsp3) is 0.478. The molecular formula is C23H24N2O4. The molecule has 0 radical (unpaired) electrons. The molecule has 0 amide bonds. The van der Waals surface area contributed by atoms with Crippen molar-refractivity contribution in [2.75, 3.05) is 0 Å². The van der Waals surface area contributed by atoms with Gasteiger partial charge in [0.1, 0.15) is 12.2 Å². The number of hydrogen-bond donors (Lipinski definition) is 0. The molecule has 3 aliphatic rings. The van der Waals surface area contributed by atoms with Crippen LogP contribution in [0, 0.1) is 23.7 Å². The Balaban J connectivity index is 1.39. The van der Waals surface area contributed by atoms with Crippen molar-refractivity contribution in [2.45, 2.75) is 44.3 Å². The van der Waals surface area contributed by atoms with Gasteiger partial charge in [-0.1, -0.05) is 12.8 Å². The molecule has 0 saturated heterocycles. The monoisotopic (exact) mass is 392 g/mol. The normalized spacial score (nSPS) is 32.4. The van der Waals surface area contributed by atoms with Gasteiger partial charge in [-0.3, -0.25) is 9.97 Å². The number of carbonyl (C=O) groups excluding carboxylic acids is 2. The van der Waals surface area contributed by atoms with Crippen LogP contribution in [0.5, 0.6) is 0 Å². The lowest BCUT2D eigenvalue weighted by atomic mass is 9.69. The fourth-order valence-corrected chi connectivity index (χ4v) is 5.83. The number of esters is 2. The second kappa shape index (κ2) is 7.58. The highest BCUT2D eigenvalue weighted by Gasteiger charge is 2.61. The molecule has 2 heterocycles. The number of rotatable bonds is 4. The van der Waals surface area contributed by atoms with Crippen molar-refractivity contribution >= 4 is 11.9 Å². The fourth-order valence-electron chi connectivity index (χ4n) is 5.83. The second-order valence-corrected chi connectivity index (χ2v) is 8.39. The Hall–Kier alpha value is -2.76. The molecule has 0 N–H and O–H groups in total. The van der Waals surface area contributed by atoms with Crippen molar-refractivity contribution in [3.8, 4) is 0 Å². The van der Waals surface area contributed by atoms with Gasteiger partial charge in [-0.05, 0) is 55.4 Å². The minimum absolute atomic E-state index is 0.270. The summed E-state index contributed by atoms with van der Waals surface area (Å²) in [5, 5.41) is 0. The first kappa shape index (κ1) is 18.3. The number of hydrogen-bond acceptors (Lipinski definition) is 6. The van der Waals surface area contributed by atoms with Crippen LogP contribution < -0.4 is 0 Å². The number of nitrogens with zero attached hydrogens (tertiary/aromatic N) is 2. The summed E-state index contributed by atoms with van der Waals surface area (Å²) in [5.74, 6) is 0.932. The molecule has 6 unspecified atom stereocenters. The molecule has 3 fully saturated rings. The first-order chi connectivity index (χ1) is 14.2. The Morgan fingerprint density at radius 3 is 1.52 bits per heavy atom. The Morgan fingerprint density at radius 1 is 0.690 bits per heavy atom. The van der Waals surface area contributed by atoms with E-state index in [0.717, 1.165) is 6.42 Å². The van der Waals surface area contributed by atoms with Gasteiger partial charge < -0.3 is 9.47 Å². The molecule has 0 spiro atoms. The maximum atomic E-state index is 12.7. The van der Waals surface area contributed by atoms with Crippen LogP contribution in [-0.4, -0.2) is 34.1 Å². The summed E-state index contributed by atoms with van der Waals surface area (Å²) >= 11 is 0. The lowest BCUT2D eigenvalue weighted by molar-refractivity contribution is -0.0872. The van der Waals surface area contributed by atoms with E-state index in [4.69, 9.17) is 9.47 Å². The molecule has 2 bridgehead atoms. The maximum absolute atomic E-state index is 12.7. The Bertz CT molecular complexity index is 815. The predicted octanol–water partition coefficient (Wildman–Crippen LogP) is 3.68. The number of ether oxygens (including phenoxy) is 2. The van der Waals surface area contributed by atoms with Gasteiger partial charge in [0.05, 0.1) is 11.1 Å². The van der Waals surface area contributed by atoms with E-state index in [1.165, 1.54) is 25.7 Å². The van der Waals surface area contributed by atoms with Gasteiger partial charge in [0.15, 0.2) is 0 Å². The van der Waals surface area contributed by atoms with Crippen molar-refractivity contribution in [2.24, 2.45) is 23.7 Å². The van der Waals surface area contributed by atoms with Crippen LogP contribution in [0.25, 0.3) is 0 Å². The average molecular weight is 392 g/mol. The third kappa shape index (κ3) is 3.30. The number of aromatic nitrogens is 2. The molecule has 3 saturated carbocycles. The number of fused-ring (bicyclic) bond motifs is 5. The maximum Gasteiger partial charge on any atom is 0.338 e. The summed E-state index contributed by atoms with van der Waals surface area (Å²) in [7, 11) is 0. The molecule has 6 nitrogen and oxygen atoms in total. The zero-order valence-electron chi connectivity index (χ0n) is 16.1. The van der Waals surface area contributed by atoms with Gasteiger partial charge in [0, 0.05) is 36.6 Å². The van der Waals surface area contributed by atoms with Crippen LogP contribution in [-0.2, 0) is 9.47 Å². The highest BCUT2D eigenvalue weighted by Crippen LogP contribution is 2.59. The summed E-state index contributed by atoms with van der Waals surface area (Å²) < 4.78 is 11.9. The Morgan fingerprint density at radius 2 is 1.10 bits per heavy atom. The minimum Gasteiger partial charge on any atom is -0.455 e. The summed E-state index contributed by atoms with van der Waals surface area (Å²) in [4.78, 5) is 33.4. The molecule has 2 aromatic rings. The first-order valence-corrected chi connectivity index (χ1v) is 10.4. The van der Waals surface area contributed by atoms with E-state index in [-0.39, 0.29) is 36.0 Å². The van der Waals surface area contributed by atoms with Gasteiger partial charge in [-0.2, -0.15) is 0 Å². The van der Waals surface area contributed by atoms with E-state index in [0.29, 0.717) is 23.0 Å². The molecule has 6 heteroatoms. The molecular weight excluding hydrogens is 368 g/mol. The van der Waals surface area contributed by atoms with Crippen LogP contribution in [0.1, 0.15) is 52.8 Å². The highest BCUT2D eigenvalue weighted by atomic mass is 16.6. The van der Waals surface area contributed by atoms with Crippen LogP contribution >= 0.6 is 0 Å². The SMILES string of the molecule is O=C(OC1C2CC(C3CCCCC32)C1OC(=O)c1ccncc1)c1ccncc1. The molecule has 0 aliphatic heterocycles. The van der Waals surface area contributed by atoms with E-state index < -0.39 is 0 Å². The van der Waals surface area contributed by atoms with Crippen LogP contribution in [0.2, 0.25) is 0 Å². The van der Waals surface area contributed by atoms with E-state index in [2.05, 4.69) is 9.97 Å². The van der Waals surface area contributed by atoms with E-state index in [1.54, 1.807) is 49.1 Å². The van der Waals surface area contributed by atoms with E-state index in [9.17, 15) is 9.59 Å². The molecule has 5 rings (SSSR count). The van der Waals surface area contributed by atoms with Gasteiger partial charge in [0.25, 0.3) is 0 Å². The zero-order valence-corrected chi connectivity index (χ0v) is 16.1. The summed E-state index contributed by atoms with van der Waals surface area (Å²) in [6.07, 6.45) is 11.3. The lowest BCUT2D eigenvalue weighted by Gasteiger charge is -2.42. The van der Waals surface area contributed by atoms with Crippen molar-refractivity contribution in [3.63, 3.8) is 0 Å². The number of pyridine rings is 2. The molecule has 3 aliphatic carbocycles. The molecule has 150 valence electrons. The Kier molecular flexibility index (Phi) is 4.78. The van der Waals surface area contributed by atoms with Crippen molar-refractivity contribution < 1.29 is 19.1 Å². The van der Waals surface area contributed by atoms with Crippen molar-refractivity contribution in [3.05, 3.63) is 60.2 Å². The van der Waals surface area contributed by atoms with E-state index in [1.807, 2.05) is 0 Å². The molecule has 2 aromatic heterocycles. The molecule has 29 heavy (non-hydrogen) atoms. The minimum atomic E-state index is -0.384. The van der Waals surface area contributed by atoms with Crippen molar-refractivity contribution in [1.82, 2.24) is 9.97 Å². The number of carbonyl (C=O) groups is 2. The molecule has 0 aromatic carbocycles. The largest absolute Gasteiger partial charge is 0.455 e. The van der Waals surface area contributed by atoms with Gasteiger partial charge >= 0.3 is 11.9 Å². The van der Waals surface area contributed by atoms with Crippen LogP contribution in [0.3, 0.4) is 0 Å². The third-order valence-electron chi connectivity index (χ3n) is 7.01. The van der Waals surface area contributed by atoms with Crippen LogP contribution in [0.4, 0.5) is 0 Å². The smallest absolute Gasteiger partial charge is 0.338 e. The lowest BCUT2D eigenvalue weighted by Crippen LogP contribution is -2.47.